The van der Waals surface area contributed by atoms with Crippen molar-refractivity contribution in [3.8, 4) is 11.5 Å². The van der Waals surface area contributed by atoms with E-state index in [4.69, 9.17) is 15.9 Å². The number of aliphatic carboxylic acids is 1. The molecule has 0 aliphatic rings. The van der Waals surface area contributed by atoms with Gasteiger partial charge in [-0.05, 0) is 30.7 Å². The molecule has 7 nitrogen and oxygen atoms in total. The predicted octanol–water partition coefficient (Wildman–Crippen LogP) is -0.442. The van der Waals surface area contributed by atoms with Gasteiger partial charge in [-0.15, -0.1) is 0 Å². The van der Waals surface area contributed by atoms with Crippen molar-refractivity contribution < 1.29 is 24.9 Å². The maximum Gasteiger partial charge on any atom is 0.321 e. The lowest BCUT2D eigenvalue weighted by Crippen LogP contribution is -2.40. The number of carbonyl (C=O) groups is 2. The molecule has 0 spiro atoms. The van der Waals surface area contributed by atoms with Crippen LogP contribution in [-0.2, 0) is 16.0 Å². The molecule has 104 valence electrons. The number of aromatic hydroxyl groups is 2. The van der Waals surface area contributed by atoms with Crippen LogP contribution < -0.4 is 11.1 Å². The van der Waals surface area contributed by atoms with E-state index in [0.29, 0.717) is 13.0 Å². The zero-order valence-electron chi connectivity index (χ0n) is 10.2. The summed E-state index contributed by atoms with van der Waals surface area (Å²) in [5.74, 6) is -2.28. The third kappa shape index (κ3) is 4.84. The number of hydrogen-bond acceptors (Lipinski definition) is 5. The van der Waals surface area contributed by atoms with Gasteiger partial charge in [-0.2, -0.15) is 0 Å². The fourth-order valence-electron chi connectivity index (χ4n) is 1.56. The van der Waals surface area contributed by atoms with Gasteiger partial charge in [-0.3, -0.25) is 9.59 Å². The van der Waals surface area contributed by atoms with Gasteiger partial charge in [-0.25, -0.2) is 0 Å². The topological polar surface area (TPSA) is 133 Å². The molecule has 0 radical (unpaired) electrons. The van der Waals surface area contributed by atoms with Crippen LogP contribution >= 0.6 is 0 Å². The molecule has 1 aromatic carbocycles. The molecule has 1 amide bonds. The van der Waals surface area contributed by atoms with Gasteiger partial charge in [0.1, 0.15) is 6.04 Å². The first-order chi connectivity index (χ1) is 8.90. The largest absolute Gasteiger partial charge is 0.504 e. The fraction of sp³-hybridized carbons (Fsp3) is 0.333. The third-order valence-electron chi connectivity index (χ3n) is 2.55. The highest BCUT2D eigenvalue weighted by Crippen LogP contribution is 2.24. The number of phenols is 2. The molecule has 0 saturated heterocycles. The van der Waals surface area contributed by atoms with Crippen molar-refractivity contribution in [2.24, 2.45) is 5.73 Å². The smallest absolute Gasteiger partial charge is 0.321 e. The van der Waals surface area contributed by atoms with Crippen LogP contribution in [0, 0.1) is 0 Å². The van der Waals surface area contributed by atoms with Crippen molar-refractivity contribution >= 4 is 11.9 Å². The summed E-state index contributed by atoms with van der Waals surface area (Å²) in [5, 5.41) is 30.0. The second-order valence-corrected chi connectivity index (χ2v) is 4.09. The number of carbonyl (C=O) groups excluding carboxylic acids is 1. The molecule has 0 unspecified atom stereocenters. The Morgan fingerprint density at radius 3 is 2.47 bits per heavy atom. The van der Waals surface area contributed by atoms with E-state index in [1.807, 2.05) is 0 Å². The van der Waals surface area contributed by atoms with E-state index in [1.54, 1.807) is 6.07 Å². The highest BCUT2D eigenvalue weighted by atomic mass is 16.4. The number of carboxylic acid groups (broad SMARTS) is 1. The molecule has 1 aromatic rings. The molecule has 7 heteroatoms. The molecule has 0 bridgehead atoms. The predicted molar refractivity (Wildman–Crippen MR) is 66.7 cm³/mol. The standard InChI is InChI=1S/C12H16N2O5/c13-11(17)6-8(12(18)19)14-4-3-7-1-2-9(15)10(16)5-7/h1-2,5,8,14-16H,3-4,6H2,(H2,13,17)(H,18,19)/t8-/m0/s1. The van der Waals surface area contributed by atoms with Crippen molar-refractivity contribution in [2.45, 2.75) is 18.9 Å². The minimum atomic E-state index is -1.15. The maximum atomic E-state index is 10.8. The summed E-state index contributed by atoms with van der Waals surface area (Å²) < 4.78 is 0. The van der Waals surface area contributed by atoms with E-state index >= 15 is 0 Å². The second-order valence-electron chi connectivity index (χ2n) is 4.09. The Morgan fingerprint density at radius 2 is 1.95 bits per heavy atom. The van der Waals surface area contributed by atoms with Crippen LogP contribution in [0.1, 0.15) is 12.0 Å². The number of nitrogens with two attached hydrogens (primary N) is 1. The first-order valence-electron chi connectivity index (χ1n) is 5.65. The van der Waals surface area contributed by atoms with Gasteiger partial charge in [0.05, 0.1) is 6.42 Å². The molecule has 6 N–H and O–H groups in total. The normalized spacial score (nSPS) is 12.0. The van der Waals surface area contributed by atoms with E-state index in [9.17, 15) is 14.7 Å². The van der Waals surface area contributed by atoms with Crippen LogP contribution in [-0.4, -0.2) is 39.8 Å². The minimum Gasteiger partial charge on any atom is -0.504 e. The monoisotopic (exact) mass is 268 g/mol. The van der Waals surface area contributed by atoms with E-state index in [0.717, 1.165) is 5.56 Å². The van der Waals surface area contributed by atoms with E-state index in [-0.39, 0.29) is 17.9 Å². The average Bonchev–Trinajstić information content (AvgIpc) is 2.31. The SMILES string of the molecule is NC(=O)C[C@H](NCCc1ccc(O)c(O)c1)C(=O)O. The molecule has 0 heterocycles. The van der Waals surface area contributed by atoms with Gasteiger partial charge in [-0.1, -0.05) is 6.07 Å². The molecule has 1 rings (SSSR count). The van der Waals surface area contributed by atoms with Gasteiger partial charge in [0.25, 0.3) is 0 Å². The second kappa shape index (κ2) is 6.60. The molecular weight excluding hydrogens is 252 g/mol. The van der Waals surface area contributed by atoms with Crippen molar-refractivity contribution in [3.63, 3.8) is 0 Å². The van der Waals surface area contributed by atoms with Gasteiger partial charge >= 0.3 is 5.97 Å². The molecule has 0 aromatic heterocycles. The molecule has 0 aliphatic carbocycles. The first-order valence-corrected chi connectivity index (χ1v) is 5.65. The lowest BCUT2D eigenvalue weighted by molar-refractivity contribution is -0.141. The minimum absolute atomic E-state index is 0.214. The number of benzene rings is 1. The lowest BCUT2D eigenvalue weighted by atomic mass is 10.1. The molecular formula is C12H16N2O5. The van der Waals surface area contributed by atoms with E-state index < -0.39 is 17.9 Å². The van der Waals surface area contributed by atoms with Crippen LogP contribution in [0.3, 0.4) is 0 Å². The van der Waals surface area contributed by atoms with Crippen molar-refractivity contribution in [3.05, 3.63) is 23.8 Å². The molecule has 19 heavy (non-hydrogen) atoms. The summed E-state index contributed by atoms with van der Waals surface area (Å²) in [6, 6.07) is 3.33. The van der Waals surface area contributed by atoms with Gasteiger partial charge in [0, 0.05) is 0 Å². The van der Waals surface area contributed by atoms with Crippen LogP contribution in [0.15, 0.2) is 18.2 Å². The van der Waals surface area contributed by atoms with Crippen molar-refractivity contribution in [1.29, 1.82) is 0 Å². The number of primary amides is 1. The molecule has 0 saturated carbocycles. The van der Waals surface area contributed by atoms with Gasteiger partial charge in [0.15, 0.2) is 11.5 Å². The quantitative estimate of drug-likeness (QED) is 0.426. The average molecular weight is 268 g/mol. The van der Waals surface area contributed by atoms with Gasteiger partial charge in [0.2, 0.25) is 5.91 Å². The zero-order chi connectivity index (χ0) is 14.4. The summed E-state index contributed by atoms with van der Waals surface area (Å²) in [6.45, 7) is 0.300. The van der Waals surface area contributed by atoms with Crippen LogP contribution in [0.4, 0.5) is 0 Å². The summed E-state index contributed by atoms with van der Waals surface area (Å²) in [7, 11) is 0. The number of amides is 1. The summed E-state index contributed by atoms with van der Waals surface area (Å²) in [6.07, 6.45) is 0.159. The highest BCUT2D eigenvalue weighted by Gasteiger charge is 2.18. The van der Waals surface area contributed by atoms with Crippen LogP contribution in [0.25, 0.3) is 0 Å². The van der Waals surface area contributed by atoms with E-state index in [1.165, 1.54) is 12.1 Å². The Balaban J connectivity index is 2.49. The fourth-order valence-corrected chi connectivity index (χ4v) is 1.56. The molecule has 0 aliphatic heterocycles. The Hall–Kier alpha value is -2.28. The third-order valence-corrected chi connectivity index (χ3v) is 2.55. The summed E-state index contributed by atoms with van der Waals surface area (Å²) >= 11 is 0. The van der Waals surface area contributed by atoms with E-state index in [2.05, 4.69) is 5.32 Å². The van der Waals surface area contributed by atoms with Crippen molar-refractivity contribution in [1.82, 2.24) is 5.32 Å². The number of carboxylic acids is 1. The summed E-state index contributed by atoms with van der Waals surface area (Å²) in [5.41, 5.74) is 5.68. The number of nitrogens with one attached hydrogen (secondary N) is 1. The highest BCUT2D eigenvalue weighted by molar-refractivity contribution is 5.83. The Labute approximate surface area is 109 Å². The van der Waals surface area contributed by atoms with Crippen molar-refractivity contribution in [2.75, 3.05) is 6.54 Å². The maximum absolute atomic E-state index is 10.8. The number of hydrogen-bond donors (Lipinski definition) is 5. The summed E-state index contributed by atoms with van der Waals surface area (Å²) in [4.78, 5) is 21.5. The number of phenolic OH excluding ortho intramolecular Hbond substituents is 2. The van der Waals surface area contributed by atoms with Gasteiger partial charge < -0.3 is 26.4 Å². The lowest BCUT2D eigenvalue weighted by Gasteiger charge is -2.12. The Morgan fingerprint density at radius 1 is 1.26 bits per heavy atom. The molecule has 0 fully saturated rings. The van der Waals surface area contributed by atoms with Crippen LogP contribution in [0.2, 0.25) is 0 Å². The number of rotatable bonds is 7. The zero-order valence-corrected chi connectivity index (χ0v) is 10.2. The molecule has 1 atom stereocenters. The Bertz CT molecular complexity index is 475. The Kier molecular flexibility index (Phi) is 5.13. The first kappa shape index (κ1) is 14.8. The van der Waals surface area contributed by atoms with Crippen LogP contribution in [0.5, 0.6) is 11.5 Å².